The van der Waals surface area contributed by atoms with Crippen LogP contribution in [0.1, 0.15) is 24.8 Å². The number of hydrogen-bond acceptors (Lipinski definition) is 3. The molecule has 0 radical (unpaired) electrons. The van der Waals surface area contributed by atoms with Crippen LogP contribution in [-0.2, 0) is 15.3 Å². The summed E-state index contributed by atoms with van der Waals surface area (Å²) >= 11 is 1.63. The third-order valence-electron chi connectivity index (χ3n) is 3.77. The standard InChI is InChI=1S/C16H20FNO3S/c17-14-5-3-12(4-6-14)11-22-9-7-15(19)18-8-1-2-13(10-18)16(20)21/h3-6,13H,1-2,7-11H2,(H,20,21). The van der Waals surface area contributed by atoms with E-state index < -0.39 is 11.9 Å². The predicted octanol–water partition coefficient (Wildman–Crippen LogP) is 2.77. The summed E-state index contributed by atoms with van der Waals surface area (Å²) < 4.78 is 12.8. The number of halogens is 1. The molecule has 1 aromatic rings. The van der Waals surface area contributed by atoms with E-state index in [1.54, 1.807) is 28.8 Å². The number of carbonyl (C=O) groups is 2. The number of carbonyl (C=O) groups excluding carboxylic acids is 1. The van der Waals surface area contributed by atoms with Crippen molar-refractivity contribution in [3.05, 3.63) is 35.6 Å². The molecule has 1 fully saturated rings. The molecule has 1 atom stereocenters. The zero-order chi connectivity index (χ0) is 15.9. The van der Waals surface area contributed by atoms with Crippen molar-refractivity contribution in [1.82, 2.24) is 4.90 Å². The van der Waals surface area contributed by atoms with E-state index in [0.717, 1.165) is 17.7 Å². The van der Waals surface area contributed by atoms with Gasteiger partial charge in [0.25, 0.3) is 0 Å². The SMILES string of the molecule is O=C(O)C1CCCN(C(=O)CCSCc2ccc(F)cc2)C1. The van der Waals surface area contributed by atoms with Crippen LogP contribution in [0.2, 0.25) is 0 Å². The van der Waals surface area contributed by atoms with Gasteiger partial charge < -0.3 is 10.0 Å². The number of carboxylic acid groups (broad SMARTS) is 1. The molecule has 0 aromatic heterocycles. The lowest BCUT2D eigenvalue weighted by Gasteiger charge is -2.30. The molecule has 1 aromatic carbocycles. The largest absolute Gasteiger partial charge is 0.481 e. The van der Waals surface area contributed by atoms with Crippen molar-refractivity contribution >= 4 is 23.6 Å². The lowest BCUT2D eigenvalue weighted by atomic mass is 9.98. The molecule has 1 aliphatic heterocycles. The Labute approximate surface area is 133 Å². The Kier molecular flexibility index (Phi) is 6.24. The lowest BCUT2D eigenvalue weighted by molar-refractivity contribution is -0.145. The maximum Gasteiger partial charge on any atom is 0.308 e. The number of likely N-dealkylation sites (tertiary alicyclic amines) is 1. The van der Waals surface area contributed by atoms with Gasteiger partial charge >= 0.3 is 5.97 Å². The van der Waals surface area contributed by atoms with Crippen LogP contribution < -0.4 is 0 Å². The van der Waals surface area contributed by atoms with Crippen LogP contribution in [0.4, 0.5) is 4.39 Å². The maximum atomic E-state index is 12.8. The summed E-state index contributed by atoms with van der Waals surface area (Å²) in [6.45, 7) is 0.988. The van der Waals surface area contributed by atoms with Gasteiger partial charge in [-0.1, -0.05) is 12.1 Å². The van der Waals surface area contributed by atoms with E-state index in [1.165, 1.54) is 12.1 Å². The third kappa shape index (κ3) is 5.02. The number of thioether (sulfide) groups is 1. The summed E-state index contributed by atoms with van der Waals surface area (Å²) in [4.78, 5) is 24.8. The van der Waals surface area contributed by atoms with Crippen LogP contribution in [0.5, 0.6) is 0 Å². The Morgan fingerprint density at radius 3 is 2.73 bits per heavy atom. The zero-order valence-electron chi connectivity index (χ0n) is 12.3. The molecule has 0 aliphatic carbocycles. The second kappa shape index (κ2) is 8.17. The number of piperidine rings is 1. The molecule has 0 spiro atoms. The molecule has 1 saturated heterocycles. The van der Waals surface area contributed by atoms with Gasteiger partial charge in [-0.15, -0.1) is 0 Å². The summed E-state index contributed by atoms with van der Waals surface area (Å²) in [5.74, 6) is -0.0391. The van der Waals surface area contributed by atoms with Gasteiger partial charge in [-0.2, -0.15) is 11.8 Å². The Balaban J connectivity index is 1.69. The van der Waals surface area contributed by atoms with Gasteiger partial charge in [0.2, 0.25) is 5.91 Å². The summed E-state index contributed by atoms with van der Waals surface area (Å²) in [7, 11) is 0. The smallest absolute Gasteiger partial charge is 0.308 e. The average molecular weight is 325 g/mol. The second-order valence-electron chi connectivity index (χ2n) is 5.45. The Hall–Kier alpha value is -1.56. The molecule has 0 bridgehead atoms. The van der Waals surface area contributed by atoms with Crippen LogP contribution in [0.15, 0.2) is 24.3 Å². The average Bonchev–Trinajstić information content (AvgIpc) is 2.53. The number of hydrogen-bond donors (Lipinski definition) is 1. The molecule has 1 unspecified atom stereocenters. The highest BCUT2D eigenvalue weighted by Gasteiger charge is 2.27. The van der Waals surface area contributed by atoms with Crippen LogP contribution >= 0.6 is 11.8 Å². The molecular weight excluding hydrogens is 305 g/mol. The quantitative estimate of drug-likeness (QED) is 0.817. The van der Waals surface area contributed by atoms with E-state index in [9.17, 15) is 14.0 Å². The van der Waals surface area contributed by atoms with Crippen LogP contribution in [0, 0.1) is 11.7 Å². The van der Waals surface area contributed by atoms with Crippen molar-refractivity contribution in [2.45, 2.75) is 25.0 Å². The molecule has 2 rings (SSSR count). The molecule has 22 heavy (non-hydrogen) atoms. The van der Waals surface area contributed by atoms with Crippen molar-refractivity contribution in [2.24, 2.45) is 5.92 Å². The fourth-order valence-corrected chi connectivity index (χ4v) is 3.38. The molecule has 4 nitrogen and oxygen atoms in total. The first-order valence-electron chi connectivity index (χ1n) is 7.39. The highest BCUT2D eigenvalue weighted by molar-refractivity contribution is 7.98. The maximum absolute atomic E-state index is 12.8. The first kappa shape index (κ1) is 16.8. The molecule has 1 heterocycles. The van der Waals surface area contributed by atoms with E-state index in [2.05, 4.69) is 0 Å². The number of carboxylic acids is 1. The molecule has 6 heteroatoms. The third-order valence-corrected chi connectivity index (χ3v) is 4.80. The Morgan fingerprint density at radius 2 is 2.05 bits per heavy atom. The normalized spacial score (nSPS) is 18.2. The highest BCUT2D eigenvalue weighted by atomic mass is 32.2. The van der Waals surface area contributed by atoms with Crippen molar-refractivity contribution in [3.8, 4) is 0 Å². The minimum absolute atomic E-state index is 0.0255. The Morgan fingerprint density at radius 1 is 1.32 bits per heavy atom. The van der Waals surface area contributed by atoms with Crippen molar-refractivity contribution in [3.63, 3.8) is 0 Å². The Bertz CT molecular complexity index is 521. The fourth-order valence-electron chi connectivity index (χ4n) is 2.49. The highest BCUT2D eigenvalue weighted by Crippen LogP contribution is 2.19. The van der Waals surface area contributed by atoms with E-state index in [-0.39, 0.29) is 11.7 Å². The monoisotopic (exact) mass is 325 g/mol. The summed E-state index contributed by atoms with van der Waals surface area (Å²) in [5, 5.41) is 9.03. The topological polar surface area (TPSA) is 57.6 Å². The minimum Gasteiger partial charge on any atom is -0.481 e. The summed E-state index contributed by atoms with van der Waals surface area (Å²) in [6, 6.07) is 6.35. The van der Waals surface area contributed by atoms with E-state index in [0.29, 0.717) is 31.7 Å². The van der Waals surface area contributed by atoms with Crippen molar-refractivity contribution in [1.29, 1.82) is 0 Å². The number of aliphatic carboxylic acids is 1. The van der Waals surface area contributed by atoms with Crippen molar-refractivity contribution in [2.75, 3.05) is 18.8 Å². The van der Waals surface area contributed by atoms with Crippen LogP contribution in [-0.4, -0.2) is 40.7 Å². The zero-order valence-corrected chi connectivity index (χ0v) is 13.2. The number of nitrogens with zero attached hydrogens (tertiary/aromatic N) is 1. The molecular formula is C16H20FNO3S. The van der Waals surface area contributed by atoms with Crippen molar-refractivity contribution < 1.29 is 19.1 Å². The minimum atomic E-state index is -0.816. The predicted molar refractivity (Wildman–Crippen MR) is 84.1 cm³/mol. The number of amides is 1. The summed E-state index contributed by atoms with van der Waals surface area (Å²) in [6.07, 6.45) is 1.82. The van der Waals surface area contributed by atoms with E-state index in [4.69, 9.17) is 5.11 Å². The van der Waals surface area contributed by atoms with Gasteiger partial charge in [-0.25, -0.2) is 4.39 Å². The number of rotatable bonds is 6. The van der Waals surface area contributed by atoms with Gasteiger partial charge in [-0.3, -0.25) is 9.59 Å². The second-order valence-corrected chi connectivity index (χ2v) is 6.55. The molecule has 1 aliphatic rings. The first-order chi connectivity index (χ1) is 10.6. The van der Waals surface area contributed by atoms with Crippen LogP contribution in [0.3, 0.4) is 0 Å². The van der Waals surface area contributed by atoms with Gasteiger partial charge in [0.15, 0.2) is 0 Å². The van der Waals surface area contributed by atoms with Gasteiger partial charge in [-0.05, 0) is 30.5 Å². The van der Waals surface area contributed by atoms with Crippen LogP contribution in [0.25, 0.3) is 0 Å². The molecule has 120 valence electrons. The van der Waals surface area contributed by atoms with Gasteiger partial charge in [0, 0.05) is 31.0 Å². The lowest BCUT2D eigenvalue weighted by Crippen LogP contribution is -2.42. The van der Waals surface area contributed by atoms with Gasteiger partial charge in [0.05, 0.1) is 5.92 Å². The van der Waals surface area contributed by atoms with E-state index in [1.807, 2.05) is 0 Å². The summed E-state index contributed by atoms with van der Waals surface area (Å²) in [5.41, 5.74) is 1.03. The number of benzene rings is 1. The fraction of sp³-hybridized carbons (Fsp3) is 0.500. The molecule has 0 saturated carbocycles. The van der Waals surface area contributed by atoms with E-state index >= 15 is 0 Å². The first-order valence-corrected chi connectivity index (χ1v) is 8.54. The molecule has 1 N–H and O–H groups in total. The van der Waals surface area contributed by atoms with Gasteiger partial charge in [0.1, 0.15) is 5.82 Å². The molecule has 1 amide bonds.